The first-order valence-corrected chi connectivity index (χ1v) is 8.39. The fourth-order valence-corrected chi connectivity index (χ4v) is 2.59. The molecule has 1 aromatic heterocycles. The number of rotatable bonds is 5. The normalized spacial score (nSPS) is 11.8. The van der Waals surface area contributed by atoms with Crippen LogP contribution in [0, 0.1) is 0 Å². The summed E-state index contributed by atoms with van der Waals surface area (Å²) in [5.74, 6) is -0.0352. The highest BCUT2D eigenvalue weighted by atomic mass is 35.5. The second kappa shape index (κ2) is 7.95. The molecular weight excluding hydrogens is 350 g/mol. The number of carbonyl (C=O) groups excluding carboxylic acids is 1. The number of nitrogens with two attached hydrogens (primary N) is 2. The van der Waals surface area contributed by atoms with Crippen LogP contribution in [0.4, 0.5) is 11.6 Å². The van der Waals surface area contributed by atoms with E-state index in [1.165, 1.54) is 0 Å². The van der Waals surface area contributed by atoms with Crippen molar-refractivity contribution >= 4 is 29.1 Å². The molecule has 3 aromatic rings. The third-order valence-electron chi connectivity index (χ3n) is 3.83. The Balaban J connectivity index is 1.62. The topological polar surface area (TPSA) is 107 Å². The Hall–Kier alpha value is -2.96. The van der Waals surface area contributed by atoms with Crippen molar-refractivity contribution in [2.24, 2.45) is 5.73 Å². The lowest BCUT2D eigenvalue weighted by molar-refractivity contribution is -0.117. The van der Waals surface area contributed by atoms with Gasteiger partial charge < -0.3 is 16.8 Å². The number of hydrogen-bond acceptors (Lipinski definition) is 5. The van der Waals surface area contributed by atoms with E-state index >= 15 is 0 Å². The van der Waals surface area contributed by atoms with E-state index in [9.17, 15) is 4.79 Å². The maximum absolute atomic E-state index is 12.3. The molecular formula is C19H18ClN5O. The molecule has 6 nitrogen and oxygen atoms in total. The van der Waals surface area contributed by atoms with Gasteiger partial charge >= 0.3 is 0 Å². The van der Waals surface area contributed by atoms with Gasteiger partial charge in [-0.3, -0.25) is 4.79 Å². The fourth-order valence-electron chi connectivity index (χ4n) is 2.46. The number of carbonyl (C=O) groups is 1. The second-order valence-electron chi connectivity index (χ2n) is 5.80. The van der Waals surface area contributed by atoms with Gasteiger partial charge in [-0.1, -0.05) is 35.9 Å². The van der Waals surface area contributed by atoms with Gasteiger partial charge in [0.25, 0.3) is 0 Å². The smallest absolute Gasteiger partial charge is 0.241 e. The number of benzene rings is 2. The Labute approximate surface area is 156 Å². The van der Waals surface area contributed by atoms with Gasteiger partial charge in [-0.05, 0) is 42.3 Å². The SMILES string of the molecule is Nc1nccc(-c2ccc(NC(=O)[C@H](N)Cc3ccc(Cl)cc3)cc2)n1. The summed E-state index contributed by atoms with van der Waals surface area (Å²) in [7, 11) is 0. The zero-order valence-electron chi connectivity index (χ0n) is 13.9. The number of nitrogens with one attached hydrogen (secondary N) is 1. The van der Waals surface area contributed by atoms with Gasteiger partial charge in [0.1, 0.15) is 0 Å². The molecule has 2 aromatic carbocycles. The van der Waals surface area contributed by atoms with E-state index in [4.69, 9.17) is 23.1 Å². The average molecular weight is 368 g/mol. The number of amides is 1. The lowest BCUT2D eigenvalue weighted by atomic mass is 10.1. The number of nitrogens with zero attached hydrogens (tertiary/aromatic N) is 2. The molecule has 0 bridgehead atoms. The second-order valence-corrected chi connectivity index (χ2v) is 6.24. The van der Waals surface area contributed by atoms with Gasteiger partial charge in [-0.25, -0.2) is 9.97 Å². The Kier molecular flexibility index (Phi) is 5.46. The summed E-state index contributed by atoms with van der Waals surface area (Å²) in [5, 5.41) is 3.47. The van der Waals surface area contributed by atoms with Crippen LogP contribution in [0.15, 0.2) is 60.8 Å². The summed E-state index contributed by atoms with van der Waals surface area (Å²) in [6.45, 7) is 0. The summed E-state index contributed by atoms with van der Waals surface area (Å²) in [6, 6.07) is 15.7. The highest BCUT2D eigenvalue weighted by Gasteiger charge is 2.14. The molecule has 26 heavy (non-hydrogen) atoms. The maximum atomic E-state index is 12.3. The van der Waals surface area contributed by atoms with Crippen LogP contribution in [0.25, 0.3) is 11.3 Å². The van der Waals surface area contributed by atoms with E-state index in [2.05, 4.69) is 15.3 Å². The van der Waals surface area contributed by atoms with Crippen molar-refractivity contribution in [3.05, 3.63) is 71.4 Å². The summed E-state index contributed by atoms with van der Waals surface area (Å²) in [6.07, 6.45) is 2.03. The van der Waals surface area contributed by atoms with Crippen molar-refractivity contribution in [3.8, 4) is 11.3 Å². The van der Waals surface area contributed by atoms with Crippen LogP contribution in [-0.2, 0) is 11.2 Å². The van der Waals surface area contributed by atoms with Crippen molar-refractivity contribution in [1.29, 1.82) is 0 Å². The molecule has 0 radical (unpaired) electrons. The zero-order chi connectivity index (χ0) is 18.5. The first kappa shape index (κ1) is 17.8. The highest BCUT2D eigenvalue weighted by Crippen LogP contribution is 2.20. The molecule has 3 rings (SSSR count). The van der Waals surface area contributed by atoms with Gasteiger partial charge in [0, 0.05) is 22.5 Å². The molecule has 1 amide bonds. The fraction of sp³-hybridized carbons (Fsp3) is 0.105. The molecule has 0 aliphatic carbocycles. The first-order chi connectivity index (χ1) is 12.5. The molecule has 0 saturated carbocycles. The summed E-state index contributed by atoms with van der Waals surface area (Å²) < 4.78 is 0. The Morgan fingerprint density at radius 3 is 2.42 bits per heavy atom. The maximum Gasteiger partial charge on any atom is 0.241 e. The summed E-state index contributed by atoms with van der Waals surface area (Å²) in [4.78, 5) is 20.3. The van der Waals surface area contributed by atoms with Gasteiger partial charge in [0.2, 0.25) is 11.9 Å². The minimum atomic E-state index is -0.655. The number of anilines is 2. The molecule has 0 unspecified atom stereocenters. The summed E-state index contributed by atoms with van der Waals surface area (Å²) >= 11 is 5.86. The van der Waals surface area contributed by atoms with Crippen LogP contribution in [0.1, 0.15) is 5.56 Å². The Morgan fingerprint density at radius 2 is 1.77 bits per heavy atom. The van der Waals surface area contributed by atoms with Crippen molar-refractivity contribution in [2.75, 3.05) is 11.1 Å². The van der Waals surface area contributed by atoms with E-state index in [-0.39, 0.29) is 11.9 Å². The van der Waals surface area contributed by atoms with Gasteiger partial charge in [0.05, 0.1) is 11.7 Å². The van der Waals surface area contributed by atoms with Crippen LogP contribution in [-0.4, -0.2) is 21.9 Å². The predicted molar refractivity (Wildman–Crippen MR) is 104 cm³/mol. The molecule has 5 N–H and O–H groups in total. The zero-order valence-corrected chi connectivity index (χ0v) is 14.6. The molecule has 1 heterocycles. The van der Waals surface area contributed by atoms with Crippen LogP contribution in [0.3, 0.4) is 0 Å². The quantitative estimate of drug-likeness (QED) is 0.642. The van der Waals surface area contributed by atoms with E-state index in [1.54, 1.807) is 36.5 Å². The third kappa shape index (κ3) is 4.56. The van der Waals surface area contributed by atoms with Gasteiger partial charge in [-0.15, -0.1) is 0 Å². The minimum absolute atomic E-state index is 0.216. The average Bonchev–Trinajstić information content (AvgIpc) is 2.64. The molecule has 0 aliphatic heterocycles. The number of nitrogen functional groups attached to an aromatic ring is 1. The molecule has 132 valence electrons. The van der Waals surface area contributed by atoms with E-state index in [1.807, 2.05) is 24.3 Å². The first-order valence-electron chi connectivity index (χ1n) is 8.01. The molecule has 0 spiro atoms. The van der Waals surface area contributed by atoms with E-state index in [0.29, 0.717) is 17.1 Å². The van der Waals surface area contributed by atoms with Crippen LogP contribution >= 0.6 is 11.6 Å². The van der Waals surface area contributed by atoms with Crippen molar-refractivity contribution < 1.29 is 4.79 Å². The van der Waals surface area contributed by atoms with E-state index < -0.39 is 6.04 Å². The van der Waals surface area contributed by atoms with Crippen molar-refractivity contribution in [2.45, 2.75) is 12.5 Å². The largest absolute Gasteiger partial charge is 0.368 e. The number of hydrogen-bond donors (Lipinski definition) is 3. The molecule has 7 heteroatoms. The number of aromatic nitrogens is 2. The van der Waals surface area contributed by atoms with Crippen LogP contribution < -0.4 is 16.8 Å². The number of halogens is 1. The summed E-state index contributed by atoms with van der Waals surface area (Å²) in [5.41, 5.74) is 14.8. The van der Waals surface area contributed by atoms with Crippen molar-refractivity contribution in [3.63, 3.8) is 0 Å². The Morgan fingerprint density at radius 1 is 1.08 bits per heavy atom. The highest BCUT2D eigenvalue weighted by molar-refractivity contribution is 6.30. The molecule has 1 atom stereocenters. The standard InChI is InChI=1S/C19H18ClN5O/c20-14-5-1-12(2-6-14)11-16(21)18(26)24-15-7-3-13(4-8-15)17-9-10-23-19(22)25-17/h1-10,16H,11,21H2,(H,24,26)(H2,22,23,25)/t16-/m1/s1. The predicted octanol–water partition coefficient (Wildman–Crippen LogP) is 2.89. The molecule has 0 aliphatic rings. The Bertz CT molecular complexity index is 897. The van der Waals surface area contributed by atoms with Crippen LogP contribution in [0.2, 0.25) is 5.02 Å². The van der Waals surface area contributed by atoms with E-state index in [0.717, 1.165) is 16.8 Å². The monoisotopic (exact) mass is 367 g/mol. The van der Waals surface area contributed by atoms with Crippen LogP contribution in [0.5, 0.6) is 0 Å². The van der Waals surface area contributed by atoms with Crippen molar-refractivity contribution in [1.82, 2.24) is 9.97 Å². The van der Waals surface area contributed by atoms with Gasteiger partial charge in [-0.2, -0.15) is 0 Å². The lowest BCUT2D eigenvalue weighted by Crippen LogP contribution is -2.37. The third-order valence-corrected chi connectivity index (χ3v) is 4.08. The molecule has 0 fully saturated rings. The molecule has 0 saturated heterocycles. The minimum Gasteiger partial charge on any atom is -0.368 e. The van der Waals surface area contributed by atoms with Gasteiger partial charge in [0.15, 0.2) is 0 Å². The lowest BCUT2D eigenvalue weighted by Gasteiger charge is -2.13.